The molecule has 114 valence electrons. The van der Waals surface area contributed by atoms with Gasteiger partial charge in [0.25, 0.3) is 0 Å². The van der Waals surface area contributed by atoms with Gasteiger partial charge in [0.2, 0.25) is 0 Å². The summed E-state index contributed by atoms with van der Waals surface area (Å²) in [6, 6.07) is 0. The molecule has 0 heterocycles. The third-order valence-electron chi connectivity index (χ3n) is 2.84. The summed E-state index contributed by atoms with van der Waals surface area (Å²) in [5.41, 5.74) is 0. The highest BCUT2D eigenvalue weighted by Crippen LogP contribution is 2.19. The molecular formula is C14H31N3OS. The second-order valence-electron chi connectivity index (χ2n) is 5.61. The standard InChI is InChI=1S/C14H31N3OS/c1-12(2)7-9-18-10-8-16-13(15-5)17-11-14(3,4)19-6/h12H,7-11H2,1-6H3,(H2,15,16,17). The number of guanidine groups is 1. The average molecular weight is 289 g/mol. The third-order valence-corrected chi connectivity index (χ3v) is 4.09. The Labute approximate surface area is 123 Å². The van der Waals surface area contributed by atoms with E-state index in [4.69, 9.17) is 4.74 Å². The molecule has 0 bridgehead atoms. The van der Waals surface area contributed by atoms with Crippen molar-refractivity contribution in [3.05, 3.63) is 0 Å². The zero-order chi connectivity index (χ0) is 14.7. The van der Waals surface area contributed by atoms with Crippen LogP contribution in [0.2, 0.25) is 0 Å². The largest absolute Gasteiger partial charge is 0.380 e. The molecule has 0 amide bonds. The van der Waals surface area contributed by atoms with Crippen molar-refractivity contribution in [2.45, 2.75) is 38.9 Å². The zero-order valence-electron chi connectivity index (χ0n) is 13.4. The van der Waals surface area contributed by atoms with Crippen molar-refractivity contribution in [2.75, 3.05) is 39.6 Å². The van der Waals surface area contributed by atoms with E-state index in [9.17, 15) is 0 Å². The molecule has 0 aromatic heterocycles. The summed E-state index contributed by atoms with van der Waals surface area (Å²) in [7, 11) is 1.79. The lowest BCUT2D eigenvalue weighted by Gasteiger charge is -2.23. The fourth-order valence-electron chi connectivity index (χ4n) is 1.25. The lowest BCUT2D eigenvalue weighted by Crippen LogP contribution is -2.44. The number of nitrogens with one attached hydrogen (secondary N) is 2. The number of hydrogen-bond acceptors (Lipinski definition) is 3. The summed E-state index contributed by atoms with van der Waals surface area (Å²) in [5.74, 6) is 1.55. The van der Waals surface area contributed by atoms with E-state index >= 15 is 0 Å². The summed E-state index contributed by atoms with van der Waals surface area (Å²) in [6.07, 6.45) is 3.25. The van der Waals surface area contributed by atoms with E-state index in [1.165, 1.54) is 0 Å². The zero-order valence-corrected chi connectivity index (χ0v) is 14.2. The van der Waals surface area contributed by atoms with Crippen molar-refractivity contribution in [3.63, 3.8) is 0 Å². The topological polar surface area (TPSA) is 45.7 Å². The van der Waals surface area contributed by atoms with Gasteiger partial charge in [-0.05, 0) is 32.4 Å². The van der Waals surface area contributed by atoms with E-state index in [1.807, 2.05) is 11.8 Å². The summed E-state index contributed by atoms with van der Waals surface area (Å²) in [4.78, 5) is 4.20. The first kappa shape index (κ1) is 18.6. The van der Waals surface area contributed by atoms with Gasteiger partial charge in [0.05, 0.1) is 6.61 Å². The molecule has 0 aromatic rings. The molecule has 0 fully saturated rings. The fourth-order valence-corrected chi connectivity index (χ4v) is 1.47. The maximum Gasteiger partial charge on any atom is 0.191 e. The quantitative estimate of drug-likeness (QED) is 0.388. The van der Waals surface area contributed by atoms with Gasteiger partial charge in [0, 0.05) is 31.5 Å². The van der Waals surface area contributed by atoms with Gasteiger partial charge >= 0.3 is 0 Å². The van der Waals surface area contributed by atoms with E-state index in [1.54, 1.807) is 7.05 Å². The molecule has 0 radical (unpaired) electrons. The highest BCUT2D eigenvalue weighted by atomic mass is 32.2. The number of ether oxygens (including phenoxy) is 1. The van der Waals surface area contributed by atoms with Crippen LogP contribution in [0.25, 0.3) is 0 Å². The molecule has 4 nitrogen and oxygen atoms in total. The maximum absolute atomic E-state index is 5.56. The first-order chi connectivity index (χ1) is 8.91. The number of aliphatic imine (C=N–C) groups is 1. The predicted octanol–water partition coefficient (Wildman–Crippen LogP) is 2.36. The summed E-state index contributed by atoms with van der Waals surface area (Å²) in [5, 5.41) is 6.59. The molecule has 19 heavy (non-hydrogen) atoms. The summed E-state index contributed by atoms with van der Waals surface area (Å²) in [6.45, 7) is 12.1. The first-order valence-electron chi connectivity index (χ1n) is 6.98. The lowest BCUT2D eigenvalue weighted by molar-refractivity contribution is 0.128. The van der Waals surface area contributed by atoms with E-state index < -0.39 is 0 Å². The Morgan fingerprint density at radius 2 is 1.95 bits per heavy atom. The third kappa shape index (κ3) is 11.1. The monoisotopic (exact) mass is 289 g/mol. The van der Waals surface area contributed by atoms with Gasteiger partial charge in [-0.2, -0.15) is 11.8 Å². The first-order valence-corrected chi connectivity index (χ1v) is 8.21. The molecular weight excluding hydrogens is 258 g/mol. The van der Waals surface area contributed by atoms with Crippen molar-refractivity contribution >= 4 is 17.7 Å². The average Bonchev–Trinajstić information content (AvgIpc) is 2.36. The highest BCUT2D eigenvalue weighted by molar-refractivity contribution is 7.99. The van der Waals surface area contributed by atoms with E-state index in [-0.39, 0.29) is 4.75 Å². The molecule has 0 aliphatic rings. The van der Waals surface area contributed by atoms with E-state index in [2.05, 4.69) is 49.6 Å². The minimum atomic E-state index is 0.214. The Kier molecular flexibility index (Phi) is 10.1. The van der Waals surface area contributed by atoms with Crippen LogP contribution in [0.4, 0.5) is 0 Å². The van der Waals surface area contributed by atoms with Gasteiger partial charge in [-0.15, -0.1) is 0 Å². The van der Waals surface area contributed by atoms with Crippen LogP contribution < -0.4 is 10.6 Å². The molecule has 0 aromatic carbocycles. The molecule has 0 spiro atoms. The van der Waals surface area contributed by atoms with Crippen molar-refractivity contribution < 1.29 is 4.74 Å². The molecule has 0 saturated heterocycles. The Bertz CT molecular complexity index is 255. The highest BCUT2D eigenvalue weighted by Gasteiger charge is 2.15. The molecule has 2 N–H and O–H groups in total. The molecule has 0 aliphatic carbocycles. The van der Waals surface area contributed by atoms with Gasteiger partial charge in [0.1, 0.15) is 0 Å². The van der Waals surface area contributed by atoms with Crippen molar-refractivity contribution in [1.29, 1.82) is 0 Å². The molecule has 0 aliphatic heterocycles. The van der Waals surface area contributed by atoms with E-state index in [0.29, 0.717) is 5.92 Å². The Morgan fingerprint density at radius 1 is 1.26 bits per heavy atom. The fraction of sp³-hybridized carbons (Fsp3) is 0.929. The van der Waals surface area contributed by atoms with Gasteiger partial charge in [-0.25, -0.2) is 0 Å². The van der Waals surface area contributed by atoms with Gasteiger partial charge in [-0.3, -0.25) is 4.99 Å². The second kappa shape index (κ2) is 10.4. The Hall–Kier alpha value is -0.420. The minimum absolute atomic E-state index is 0.214. The smallest absolute Gasteiger partial charge is 0.191 e. The molecule has 0 atom stereocenters. The van der Waals surface area contributed by atoms with Gasteiger partial charge in [0.15, 0.2) is 5.96 Å². The summed E-state index contributed by atoms with van der Waals surface area (Å²) >= 11 is 1.85. The van der Waals surface area contributed by atoms with Crippen molar-refractivity contribution in [1.82, 2.24) is 10.6 Å². The van der Waals surface area contributed by atoms with Gasteiger partial charge in [-0.1, -0.05) is 13.8 Å². The van der Waals surface area contributed by atoms with E-state index in [0.717, 1.165) is 38.7 Å². The van der Waals surface area contributed by atoms with Crippen LogP contribution in [-0.4, -0.2) is 50.3 Å². The minimum Gasteiger partial charge on any atom is -0.380 e. The predicted molar refractivity (Wildman–Crippen MR) is 87.2 cm³/mol. The Balaban J connectivity index is 3.67. The van der Waals surface area contributed by atoms with Crippen LogP contribution >= 0.6 is 11.8 Å². The van der Waals surface area contributed by atoms with Crippen LogP contribution in [0, 0.1) is 5.92 Å². The second-order valence-corrected chi connectivity index (χ2v) is 7.12. The number of hydrogen-bond donors (Lipinski definition) is 2. The van der Waals surface area contributed by atoms with Crippen LogP contribution in [0.3, 0.4) is 0 Å². The van der Waals surface area contributed by atoms with Crippen LogP contribution in [0.5, 0.6) is 0 Å². The lowest BCUT2D eigenvalue weighted by atomic mass is 10.1. The Morgan fingerprint density at radius 3 is 2.47 bits per heavy atom. The number of nitrogens with zero attached hydrogens (tertiary/aromatic N) is 1. The normalized spacial score (nSPS) is 12.9. The van der Waals surface area contributed by atoms with Crippen molar-refractivity contribution in [2.24, 2.45) is 10.9 Å². The molecule has 0 unspecified atom stereocenters. The van der Waals surface area contributed by atoms with Crippen LogP contribution in [0.15, 0.2) is 4.99 Å². The number of thioether (sulfide) groups is 1. The maximum atomic E-state index is 5.56. The van der Waals surface area contributed by atoms with Crippen molar-refractivity contribution in [3.8, 4) is 0 Å². The summed E-state index contributed by atoms with van der Waals surface area (Å²) < 4.78 is 5.77. The molecule has 0 saturated carbocycles. The molecule has 0 rings (SSSR count). The van der Waals surface area contributed by atoms with Crippen LogP contribution in [-0.2, 0) is 4.74 Å². The number of rotatable bonds is 9. The SMILES string of the molecule is CN=C(NCCOCCC(C)C)NCC(C)(C)SC. The van der Waals surface area contributed by atoms with Crippen LogP contribution in [0.1, 0.15) is 34.1 Å². The van der Waals surface area contributed by atoms with Gasteiger partial charge < -0.3 is 15.4 Å². The molecule has 5 heteroatoms.